The van der Waals surface area contributed by atoms with Crippen molar-refractivity contribution in [3.05, 3.63) is 71.8 Å². The second kappa shape index (κ2) is 7.26. The van der Waals surface area contributed by atoms with Gasteiger partial charge in [-0.3, -0.25) is 0 Å². The minimum absolute atomic E-state index is 0.227. The quantitative estimate of drug-likeness (QED) is 0.921. The Morgan fingerprint density at radius 2 is 1.43 bits per heavy atom. The predicted octanol–water partition coefficient (Wildman–Crippen LogP) is 3.03. The summed E-state index contributed by atoms with van der Waals surface area (Å²) in [5.41, 5.74) is 0.643. The first-order valence-corrected chi connectivity index (χ1v) is 8.32. The van der Waals surface area contributed by atoms with E-state index in [1.165, 1.54) is 0 Å². The van der Waals surface area contributed by atoms with Crippen LogP contribution in [0.15, 0.2) is 60.7 Å². The Kier molecular flexibility index (Phi) is 5.11. The number of piperidine rings is 1. The van der Waals surface area contributed by atoms with E-state index in [0.717, 1.165) is 37.1 Å². The normalized spacial score (nSPS) is 17.3. The van der Waals surface area contributed by atoms with Crippen LogP contribution in [0.2, 0.25) is 0 Å². The lowest BCUT2D eigenvalue weighted by atomic mass is 9.87. The highest BCUT2D eigenvalue weighted by Crippen LogP contribution is 2.31. The molecular weight excluding hydrogens is 286 g/mol. The molecule has 1 heterocycles. The Bertz CT molecular complexity index is 552. The lowest BCUT2D eigenvalue weighted by Crippen LogP contribution is -2.39. The fourth-order valence-electron chi connectivity index (χ4n) is 3.15. The summed E-state index contributed by atoms with van der Waals surface area (Å²) in [4.78, 5) is 2.32. The van der Waals surface area contributed by atoms with Gasteiger partial charge in [0, 0.05) is 13.1 Å². The van der Waals surface area contributed by atoms with Crippen LogP contribution in [0.4, 0.5) is 0 Å². The molecule has 0 amide bonds. The second-order valence-electron chi connectivity index (χ2n) is 6.41. The van der Waals surface area contributed by atoms with Crippen LogP contribution in [0, 0.1) is 0 Å². The van der Waals surface area contributed by atoms with E-state index in [4.69, 9.17) is 4.74 Å². The van der Waals surface area contributed by atoms with Crippen LogP contribution in [-0.4, -0.2) is 42.9 Å². The van der Waals surface area contributed by atoms with Gasteiger partial charge >= 0.3 is 0 Å². The third kappa shape index (κ3) is 3.81. The largest absolute Gasteiger partial charge is 0.378 e. The molecule has 0 unspecified atom stereocenters. The molecule has 0 aliphatic carbocycles. The van der Waals surface area contributed by atoms with Gasteiger partial charge in [-0.15, -0.1) is 0 Å². The van der Waals surface area contributed by atoms with Crippen molar-refractivity contribution in [3.8, 4) is 0 Å². The number of likely N-dealkylation sites (tertiary alicyclic amines) is 1. The van der Waals surface area contributed by atoms with Crippen LogP contribution in [0.25, 0.3) is 0 Å². The molecule has 0 spiro atoms. The van der Waals surface area contributed by atoms with Crippen LogP contribution in [0.3, 0.4) is 0 Å². The fourth-order valence-corrected chi connectivity index (χ4v) is 3.15. The maximum absolute atomic E-state index is 11.4. The summed E-state index contributed by atoms with van der Waals surface area (Å²) in [7, 11) is 2.14. The van der Waals surface area contributed by atoms with Gasteiger partial charge in [-0.2, -0.15) is 0 Å². The Labute approximate surface area is 138 Å². The predicted molar refractivity (Wildman–Crippen MR) is 92.4 cm³/mol. The zero-order valence-corrected chi connectivity index (χ0v) is 13.7. The van der Waals surface area contributed by atoms with Gasteiger partial charge in [-0.25, -0.2) is 0 Å². The van der Waals surface area contributed by atoms with Gasteiger partial charge < -0.3 is 14.7 Å². The summed E-state index contributed by atoms with van der Waals surface area (Å²) in [5.74, 6) is 0. The number of ether oxygens (including phenoxy) is 1. The van der Waals surface area contributed by atoms with Crippen LogP contribution >= 0.6 is 0 Å². The molecule has 3 rings (SSSR count). The molecule has 2 aromatic rings. The van der Waals surface area contributed by atoms with Crippen molar-refractivity contribution >= 4 is 0 Å². The minimum atomic E-state index is -1.11. The molecule has 1 N–H and O–H groups in total. The van der Waals surface area contributed by atoms with E-state index in [0.29, 0.717) is 0 Å². The van der Waals surface area contributed by atoms with Gasteiger partial charge in [0.25, 0.3) is 0 Å². The molecule has 3 heteroatoms. The van der Waals surface area contributed by atoms with Gasteiger partial charge in [-0.1, -0.05) is 60.7 Å². The average molecular weight is 311 g/mol. The number of hydrogen-bond acceptors (Lipinski definition) is 3. The molecule has 0 aromatic heterocycles. The second-order valence-corrected chi connectivity index (χ2v) is 6.41. The van der Waals surface area contributed by atoms with E-state index in [1.807, 2.05) is 60.7 Å². The number of benzene rings is 2. The highest BCUT2D eigenvalue weighted by molar-refractivity contribution is 5.36. The summed E-state index contributed by atoms with van der Waals surface area (Å²) >= 11 is 0. The molecule has 1 aliphatic heterocycles. The number of nitrogens with zero attached hydrogens (tertiary/aromatic N) is 1. The number of rotatable bonds is 5. The molecule has 1 aliphatic rings. The smallest absolute Gasteiger partial charge is 0.138 e. The van der Waals surface area contributed by atoms with E-state index in [2.05, 4.69) is 11.9 Å². The summed E-state index contributed by atoms with van der Waals surface area (Å²) in [6.45, 7) is 2.40. The maximum Gasteiger partial charge on any atom is 0.138 e. The average Bonchev–Trinajstić information content (AvgIpc) is 2.62. The number of aliphatic hydroxyl groups is 1. The first-order chi connectivity index (χ1) is 11.2. The van der Waals surface area contributed by atoms with Crippen molar-refractivity contribution in [2.45, 2.75) is 24.5 Å². The minimum Gasteiger partial charge on any atom is -0.378 e. The van der Waals surface area contributed by atoms with E-state index < -0.39 is 5.60 Å². The Morgan fingerprint density at radius 3 is 1.91 bits per heavy atom. The Hall–Kier alpha value is -1.68. The third-order valence-corrected chi connectivity index (χ3v) is 4.70. The molecule has 23 heavy (non-hydrogen) atoms. The topological polar surface area (TPSA) is 32.7 Å². The lowest BCUT2D eigenvalue weighted by molar-refractivity contribution is -0.0689. The van der Waals surface area contributed by atoms with Gasteiger partial charge in [0.1, 0.15) is 5.60 Å². The van der Waals surface area contributed by atoms with E-state index in [9.17, 15) is 5.11 Å². The van der Waals surface area contributed by atoms with Crippen molar-refractivity contribution in [1.29, 1.82) is 0 Å². The van der Waals surface area contributed by atoms with Crippen LogP contribution in [0.1, 0.15) is 24.0 Å². The fraction of sp³-hybridized carbons (Fsp3) is 0.400. The van der Waals surface area contributed by atoms with Crippen molar-refractivity contribution < 1.29 is 9.84 Å². The van der Waals surface area contributed by atoms with Crippen molar-refractivity contribution in [3.63, 3.8) is 0 Å². The lowest BCUT2D eigenvalue weighted by Gasteiger charge is -2.34. The molecule has 122 valence electrons. The zero-order chi connectivity index (χ0) is 16.1. The van der Waals surface area contributed by atoms with Crippen LogP contribution < -0.4 is 0 Å². The molecule has 2 aromatic carbocycles. The molecule has 0 bridgehead atoms. The van der Waals surface area contributed by atoms with Crippen molar-refractivity contribution in [2.75, 3.05) is 26.7 Å². The standard InChI is InChI=1S/C20H25NO2/c1-21-14-12-19(13-15-21)23-16-20(22,17-8-4-2-5-9-17)18-10-6-3-7-11-18/h2-11,19,22H,12-16H2,1H3. The Balaban J connectivity index is 1.79. The first-order valence-electron chi connectivity index (χ1n) is 8.32. The maximum atomic E-state index is 11.4. The summed E-state index contributed by atoms with van der Waals surface area (Å²) in [6, 6.07) is 19.6. The van der Waals surface area contributed by atoms with E-state index in [1.54, 1.807) is 0 Å². The van der Waals surface area contributed by atoms with Gasteiger partial charge in [0.2, 0.25) is 0 Å². The molecule has 1 fully saturated rings. The van der Waals surface area contributed by atoms with E-state index in [-0.39, 0.29) is 12.7 Å². The molecule has 3 nitrogen and oxygen atoms in total. The zero-order valence-electron chi connectivity index (χ0n) is 13.7. The van der Waals surface area contributed by atoms with Gasteiger partial charge in [0.15, 0.2) is 0 Å². The molecule has 1 saturated heterocycles. The third-order valence-electron chi connectivity index (χ3n) is 4.70. The van der Waals surface area contributed by atoms with Crippen LogP contribution in [-0.2, 0) is 10.3 Å². The van der Waals surface area contributed by atoms with Crippen molar-refractivity contribution in [1.82, 2.24) is 4.90 Å². The SMILES string of the molecule is CN1CCC(OCC(O)(c2ccccc2)c2ccccc2)CC1. The summed E-state index contributed by atoms with van der Waals surface area (Å²) in [6.07, 6.45) is 2.27. The van der Waals surface area contributed by atoms with Crippen molar-refractivity contribution in [2.24, 2.45) is 0 Å². The summed E-state index contributed by atoms with van der Waals surface area (Å²) < 4.78 is 6.13. The molecule has 0 atom stereocenters. The summed E-state index contributed by atoms with van der Waals surface area (Å²) in [5, 5.41) is 11.4. The van der Waals surface area contributed by atoms with Crippen LogP contribution in [0.5, 0.6) is 0 Å². The molecular formula is C20H25NO2. The first kappa shape index (κ1) is 16.2. The highest BCUT2D eigenvalue weighted by Gasteiger charge is 2.33. The highest BCUT2D eigenvalue weighted by atomic mass is 16.5. The molecule has 0 radical (unpaired) electrons. The molecule has 0 saturated carbocycles. The number of hydrogen-bond donors (Lipinski definition) is 1. The van der Waals surface area contributed by atoms with Gasteiger partial charge in [-0.05, 0) is 31.0 Å². The van der Waals surface area contributed by atoms with E-state index >= 15 is 0 Å². The van der Waals surface area contributed by atoms with Gasteiger partial charge in [0.05, 0.1) is 12.7 Å². The Morgan fingerprint density at radius 1 is 0.957 bits per heavy atom. The monoisotopic (exact) mass is 311 g/mol.